The third-order valence-electron chi connectivity index (χ3n) is 4.27. The Bertz CT molecular complexity index is 199. The molecule has 2 N–H and O–H groups in total. The van der Waals surface area contributed by atoms with Gasteiger partial charge in [-0.2, -0.15) is 0 Å². The van der Waals surface area contributed by atoms with Crippen LogP contribution in [0.2, 0.25) is 0 Å². The molecular weight excluding hydrogens is 184 g/mol. The van der Waals surface area contributed by atoms with Gasteiger partial charge in [0.25, 0.3) is 0 Å². The quantitative estimate of drug-likeness (QED) is 0.771. The first-order valence-electron chi connectivity index (χ1n) is 6.59. The summed E-state index contributed by atoms with van der Waals surface area (Å²) in [5, 5.41) is 0. The zero-order valence-electron chi connectivity index (χ0n) is 10.3. The van der Waals surface area contributed by atoms with Crippen molar-refractivity contribution < 1.29 is 0 Å². The number of likely N-dealkylation sites (tertiary alicyclic amines) is 1. The smallest absolute Gasteiger partial charge is 0.0221 e. The van der Waals surface area contributed by atoms with E-state index in [2.05, 4.69) is 18.7 Å². The molecule has 0 radical (unpaired) electrons. The fourth-order valence-corrected chi connectivity index (χ4v) is 3.45. The van der Waals surface area contributed by atoms with Crippen molar-refractivity contribution in [3.8, 4) is 0 Å². The number of nitrogens with two attached hydrogens (primary N) is 1. The Morgan fingerprint density at radius 2 is 1.80 bits per heavy atom. The van der Waals surface area contributed by atoms with E-state index in [9.17, 15) is 0 Å². The summed E-state index contributed by atoms with van der Waals surface area (Å²) in [6.07, 6.45) is 7.15. The molecule has 88 valence electrons. The number of hydrogen-bond acceptors (Lipinski definition) is 2. The van der Waals surface area contributed by atoms with Gasteiger partial charge in [0.2, 0.25) is 0 Å². The molecule has 0 aromatic carbocycles. The van der Waals surface area contributed by atoms with Gasteiger partial charge in [-0.3, -0.25) is 4.90 Å². The average Bonchev–Trinajstić information content (AvgIpc) is 2.60. The highest BCUT2D eigenvalue weighted by Crippen LogP contribution is 2.46. The van der Waals surface area contributed by atoms with Crippen molar-refractivity contribution >= 4 is 0 Å². The molecule has 1 saturated heterocycles. The number of hydrogen-bond donors (Lipinski definition) is 1. The third-order valence-corrected chi connectivity index (χ3v) is 4.27. The van der Waals surface area contributed by atoms with Crippen LogP contribution in [0.4, 0.5) is 0 Å². The van der Waals surface area contributed by atoms with Gasteiger partial charge in [0.05, 0.1) is 0 Å². The minimum Gasteiger partial charge on any atom is -0.329 e. The molecule has 0 aromatic heterocycles. The fraction of sp³-hybridized carbons (Fsp3) is 1.00. The van der Waals surface area contributed by atoms with Crippen molar-refractivity contribution in [3.05, 3.63) is 0 Å². The highest BCUT2D eigenvalue weighted by molar-refractivity contribution is 5.00. The lowest BCUT2D eigenvalue weighted by Gasteiger charge is -2.52. The maximum Gasteiger partial charge on any atom is 0.0221 e. The maximum absolute atomic E-state index is 5.88. The van der Waals surface area contributed by atoms with Crippen LogP contribution in [0.15, 0.2) is 0 Å². The summed E-state index contributed by atoms with van der Waals surface area (Å²) in [6.45, 7) is 8.11. The van der Waals surface area contributed by atoms with E-state index in [0.717, 1.165) is 17.9 Å². The monoisotopic (exact) mass is 210 g/mol. The van der Waals surface area contributed by atoms with Gasteiger partial charge in [0.15, 0.2) is 0 Å². The molecule has 0 bridgehead atoms. The van der Waals surface area contributed by atoms with Gasteiger partial charge in [-0.05, 0) is 30.6 Å². The molecule has 15 heavy (non-hydrogen) atoms. The first-order valence-corrected chi connectivity index (χ1v) is 6.59. The molecule has 1 spiro atoms. The molecular formula is C13H26N2. The first-order chi connectivity index (χ1) is 7.15. The standard InChI is InChI=1S/C13H26N2/c1-11(2)7-12(8-14)15-9-13(10-15)5-3-4-6-13/h11-12H,3-10,14H2,1-2H3. The van der Waals surface area contributed by atoms with Crippen molar-refractivity contribution in [2.24, 2.45) is 17.1 Å². The van der Waals surface area contributed by atoms with E-state index >= 15 is 0 Å². The van der Waals surface area contributed by atoms with Crippen molar-refractivity contribution in [2.75, 3.05) is 19.6 Å². The van der Waals surface area contributed by atoms with Gasteiger partial charge >= 0.3 is 0 Å². The van der Waals surface area contributed by atoms with Gasteiger partial charge in [-0.1, -0.05) is 26.7 Å². The second-order valence-electron chi connectivity index (χ2n) is 6.13. The van der Waals surface area contributed by atoms with Crippen molar-refractivity contribution in [3.63, 3.8) is 0 Å². The average molecular weight is 210 g/mol. The van der Waals surface area contributed by atoms with Crippen LogP contribution in [-0.4, -0.2) is 30.6 Å². The predicted octanol–water partition coefficient (Wildman–Crippen LogP) is 2.24. The molecule has 1 atom stereocenters. The molecule has 1 heterocycles. The minimum atomic E-state index is 0.649. The van der Waals surface area contributed by atoms with E-state index in [-0.39, 0.29) is 0 Å². The lowest BCUT2D eigenvalue weighted by Crippen LogP contribution is -2.60. The van der Waals surface area contributed by atoms with Crippen LogP contribution in [0.3, 0.4) is 0 Å². The Hall–Kier alpha value is -0.0800. The van der Waals surface area contributed by atoms with Crippen LogP contribution in [0.25, 0.3) is 0 Å². The molecule has 1 aliphatic heterocycles. The minimum absolute atomic E-state index is 0.649. The summed E-state index contributed by atoms with van der Waals surface area (Å²) in [6, 6.07) is 0.649. The second-order valence-corrected chi connectivity index (χ2v) is 6.13. The largest absolute Gasteiger partial charge is 0.329 e. The summed E-state index contributed by atoms with van der Waals surface area (Å²) < 4.78 is 0. The number of nitrogens with zero attached hydrogens (tertiary/aromatic N) is 1. The topological polar surface area (TPSA) is 29.3 Å². The number of rotatable bonds is 4. The van der Waals surface area contributed by atoms with Crippen molar-refractivity contribution in [2.45, 2.75) is 52.0 Å². The Morgan fingerprint density at radius 3 is 2.27 bits per heavy atom. The van der Waals surface area contributed by atoms with E-state index in [1.165, 1.54) is 45.2 Å². The SMILES string of the molecule is CC(C)CC(CN)N1CC2(CCCC2)C1. The molecule has 0 amide bonds. The van der Waals surface area contributed by atoms with Gasteiger partial charge in [-0.25, -0.2) is 0 Å². The molecule has 1 aliphatic carbocycles. The molecule has 1 unspecified atom stereocenters. The Balaban J connectivity index is 1.80. The Kier molecular flexibility index (Phi) is 3.36. The summed E-state index contributed by atoms with van der Waals surface area (Å²) in [4.78, 5) is 2.63. The van der Waals surface area contributed by atoms with E-state index in [1.54, 1.807) is 0 Å². The molecule has 2 fully saturated rings. The van der Waals surface area contributed by atoms with Crippen LogP contribution in [0, 0.1) is 11.3 Å². The van der Waals surface area contributed by atoms with Gasteiger partial charge in [0, 0.05) is 25.7 Å². The van der Waals surface area contributed by atoms with E-state index < -0.39 is 0 Å². The van der Waals surface area contributed by atoms with Gasteiger partial charge in [-0.15, -0.1) is 0 Å². The Morgan fingerprint density at radius 1 is 1.20 bits per heavy atom. The highest BCUT2D eigenvalue weighted by atomic mass is 15.2. The molecule has 2 heteroatoms. The van der Waals surface area contributed by atoms with Crippen LogP contribution in [0.5, 0.6) is 0 Å². The summed E-state index contributed by atoms with van der Waals surface area (Å²) in [7, 11) is 0. The van der Waals surface area contributed by atoms with E-state index in [0.29, 0.717) is 6.04 Å². The molecule has 0 aromatic rings. The summed E-state index contributed by atoms with van der Waals surface area (Å²) in [5.74, 6) is 0.777. The lowest BCUT2D eigenvalue weighted by atomic mass is 9.77. The molecule has 1 saturated carbocycles. The van der Waals surface area contributed by atoms with E-state index in [1.807, 2.05) is 0 Å². The highest BCUT2D eigenvalue weighted by Gasteiger charge is 2.46. The van der Waals surface area contributed by atoms with Gasteiger partial charge < -0.3 is 5.73 Å². The zero-order chi connectivity index (χ0) is 10.9. The lowest BCUT2D eigenvalue weighted by molar-refractivity contribution is -0.0296. The van der Waals surface area contributed by atoms with Crippen molar-refractivity contribution in [1.82, 2.24) is 4.90 Å². The first kappa shape index (κ1) is 11.4. The van der Waals surface area contributed by atoms with Crippen molar-refractivity contribution in [1.29, 1.82) is 0 Å². The van der Waals surface area contributed by atoms with Crippen LogP contribution >= 0.6 is 0 Å². The van der Waals surface area contributed by atoms with Crippen LogP contribution in [0.1, 0.15) is 46.0 Å². The molecule has 2 nitrogen and oxygen atoms in total. The summed E-state index contributed by atoms with van der Waals surface area (Å²) in [5.41, 5.74) is 6.60. The van der Waals surface area contributed by atoms with Crippen LogP contribution < -0.4 is 5.73 Å². The summed E-state index contributed by atoms with van der Waals surface area (Å²) >= 11 is 0. The fourth-order valence-electron chi connectivity index (χ4n) is 3.45. The second kappa shape index (κ2) is 4.42. The third kappa shape index (κ3) is 2.36. The van der Waals surface area contributed by atoms with Gasteiger partial charge in [0.1, 0.15) is 0 Å². The van der Waals surface area contributed by atoms with Crippen LogP contribution in [-0.2, 0) is 0 Å². The van der Waals surface area contributed by atoms with E-state index in [4.69, 9.17) is 5.73 Å². The molecule has 2 rings (SSSR count). The Labute approximate surface area is 94.2 Å². The maximum atomic E-state index is 5.88. The molecule has 2 aliphatic rings. The zero-order valence-corrected chi connectivity index (χ0v) is 10.3. The normalized spacial score (nSPS) is 27.2. The predicted molar refractivity (Wildman–Crippen MR) is 64.8 cm³/mol.